The van der Waals surface area contributed by atoms with E-state index in [0.29, 0.717) is 21.6 Å². The van der Waals surface area contributed by atoms with E-state index in [2.05, 4.69) is 5.32 Å². The fourth-order valence-corrected chi connectivity index (χ4v) is 5.21. The second-order valence-electron chi connectivity index (χ2n) is 9.38. The molecule has 1 N–H and O–H groups in total. The van der Waals surface area contributed by atoms with Crippen molar-refractivity contribution in [2.24, 2.45) is 4.99 Å². The van der Waals surface area contributed by atoms with E-state index in [9.17, 15) is 9.59 Å². The van der Waals surface area contributed by atoms with Crippen LogP contribution >= 0.6 is 11.8 Å². The third-order valence-corrected chi connectivity index (χ3v) is 7.28. The van der Waals surface area contributed by atoms with Gasteiger partial charge in [0.2, 0.25) is 0 Å². The average Bonchev–Trinajstić information content (AvgIpc) is 3.28. The Kier molecular flexibility index (Phi) is 8.50. The third kappa shape index (κ3) is 6.67. The number of nitrogens with one attached hydrogen (secondary N) is 1. The maximum atomic E-state index is 13.6. The molecule has 0 bridgehead atoms. The summed E-state index contributed by atoms with van der Waals surface area (Å²) in [4.78, 5) is 33.0. The first-order chi connectivity index (χ1) is 19.9. The Morgan fingerprint density at radius 2 is 1.66 bits per heavy atom. The Morgan fingerprint density at radius 3 is 2.39 bits per heavy atom. The number of anilines is 2. The van der Waals surface area contributed by atoms with Crippen molar-refractivity contribution in [2.75, 3.05) is 23.9 Å². The average molecular weight is 564 g/mol. The maximum Gasteiger partial charge on any atom is 0.271 e. The van der Waals surface area contributed by atoms with E-state index in [1.54, 1.807) is 23.1 Å². The highest BCUT2D eigenvalue weighted by Gasteiger charge is 2.34. The second-order valence-corrected chi connectivity index (χ2v) is 10.4. The van der Waals surface area contributed by atoms with Crippen LogP contribution in [-0.4, -0.2) is 30.7 Å². The normalized spacial score (nSPS) is 14.9. The molecule has 0 radical (unpaired) electrons. The summed E-state index contributed by atoms with van der Waals surface area (Å²) < 4.78 is 11.3. The van der Waals surface area contributed by atoms with Crippen LogP contribution in [-0.2, 0) is 9.59 Å². The number of carbonyl (C=O) groups excluding carboxylic acids is 2. The van der Waals surface area contributed by atoms with Crippen molar-refractivity contribution in [2.45, 2.75) is 13.8 Å². The summed E-state index contributed by atoms with van der Waals surface area (Å²) in [7, 11) is 1.53. The number of hydrogen-bond donors (Lipinski definition) is 1. The number of aliphatic imine (C=N–C) groups is 1. The number of methoxy groups -OCH3 is 1. The molecule has 1 aliphatic rings. The van der Waals surface area contributed by atoms with Gasteiger partial charge in [0.15, 0.2) is 23.3 Å². The number of benzene rings is 4. The van der Waals surface area contributed by atoms with Gasteiger partial charge >= 0.3 is 0 Å². The van der Waals surface area contributed by atoms with Gasteiger partial charge in [0.1, 0.15) is 0 Å². The van der Waals surface area contributed by atoms with Gasteiger partial charge in [-0.05, 0) is 90.8 Å². The topological polar surface area (TPSA) is 80.2 Å². The Labute approximate surface area is 243 Å². The zero-order chi connectivity index (χ0) is 28.8. The minimum atomic E-state index is -0.272. The van der Waals surface area contributed by atoms with Crippen LogP contribution < -0.4 is 19.7 Å². The predicted molar refractivity (Wildman–Crippen MR) is 166 cm³/mol. The van der Waals surface area contributed by atoms with E-state index in [4.69, 9.17) is 14.5 Å². The van der Waals surface area contributed by atoms with Gasteiger partial charge in [-0.1, -0.05) is 54.6 Å². The quantitative estimate of drug-likeness (QED) is 0.231. The number of hydrogen-bond acceptors (Lipinski definition) is 6. The van der Waals surface area contributed by atoms with Gasteiger partial charge in [0, 0.05) is 5.69 Å². The van der Waals surface area contributed by atoms with E-state index in [1.165, 1.54) is 18.9 Å². The third-order valence-electron chi connectivity index (χ3n) is 6.31. The van der Waals surface area contributed by atoms with Gasteiger partial charge in [-0.2, -0.15) is 0 Å². The van der Waals surface area contributed by atoms with Crippen molar-refractivity contribution in [3.8, 4) is 11.5 Å². The molecule has 0 spiro atoms. The maximum absolute atomic E-state index is 13.6. The number of ether oxygens (including phenoxy) is 2. The summed E-state index contributed by atoms with van der Waals surface area (Å²) in [6.45, 7) is 3.74. The van der Waals surface area contributed by atoms with Crippen LogP contribution in [0, 0.1) is 13.8 Å². The van der Waals surface area contributed by atoms with Gasteiger partial charge < -0.3 is 14.8 Å². The van der Waals surface area contributed by atoms with Crippen LogP contribution in [0.3, 0.4) is 0 Å². The van der Waals surface area contributed by atoms with Gasteiger partial charge in [-0.15, -0.1) is 0 Å². The lowest BCUT2D eigenvalue weighted by atomic mass is 10.1. The molecule has 0 unspecified atom stereocenters. The largest absolute Gasteiger partial charge is 0.493 e. The molecule has 41 heavy (non-hydrogen) atoms. The van der Waals surface area contributed by atoms with Crippen molar-refractivity contribution in [3.05, 3.63) is 119 Å². The zero-order valence-electron chi connectivity index (χ0n) is 23.0. The summed E-state index contributed by atoms with van der Waals surface area (Å²) in [6.07, 6.45) is 1.80. The van der Waals surface area contributed by atoms with Gasteiger partial charge in [-0.3, -0.25) is 14.5 Å². The number of aryl methyl sites for hydroxylation is 2. The number of rotatable bonds is 8. The Balaban J connectivity index is 1.35. The Bertz CT molecular complexity index is 1640. The molecule has 5 rings (SSSR count). The lowest BCUT2D eigenvalue weighted by molar-refractivity contribution is -0.118. The SMILES string of the molecule is COc1cc(/C=C2\SC(=Nc3ccccc3)N(c3ccccc3)C2=O)ccc1OCC(=O)Nc1cc(C)ccc1C. The molecule has 8 heteroatoms. The van der Waals surface area contributed by atoms with Crippen LogP contribution in [0.4, 0.5) is 17.1 Å². The van der Waals surface area contributed by atoms with Crippen molar-refractivity contribution in [1.82, 2.24) is 0 Å². The smallest absolute Gasteiger partial charge is 0.271 e. The lowest BCUT2D eigenvalue weighted by Crippen LogP contribution is -2.28. The first-order valence-electron chi connectivity index (χ1n) is 13.0. The van der Waals surface area contributed by atoms with Gasteiger partial charge in [0.05, 0.1) is 23.4 Å². The molecule has 1 fully saturated rings. The summed E-state index contributed by atoms with van der Waals surface area (Å²) in [6, 6.07) is 30.2. The number of thioether (sulfide) groups is 1. The molecule has 7 nitrogen and oxygen atoms in total. The summed E-state index contributed by atoms with van der Waals surface area (Å²) in [5.74, 6) is 0.435. The van der Waals surface area contributed by atoms with Crippen molar-refractivity contribution < 1.29 is 19.1 Å². The van der Waals surface area contributed by atoms with E-state index in [-0.39, 0.29) is 18.4 Å². The minimum Gasteiger partial charge on any atom is -0.493 e. The minimum absolute atomic E-state index is 0.168. The monoisotopic (exact) mass is 563 g/mol. The van der Waals surface area contributed by atoms with E-state index >= 15 is 0 Å². The molecular weight excluding hydrogens is 534 g/mol. The van der Waals surface area contributed by atoms with Crippen LogP contribution in [0.1, 0.15) is 16.7 Å². The molecule has 0 saturated carbocycles. The number of carbonyl (C=O) groups is 2. The van der Waals surface area contributed by atoms with Crippen molar-refractivity contribution in [1.29, 1.82) is 0 Å². The molecule has 0 aromatic heterocycles. The van der Waals surface area contributed by atoms with Crippen LogP contribution in [0.15, 0.2) is 107 Å². The molecule has 1 aliphatic heterocycles. The summed E-state index contributed by atoms with van der Waals surface area (Å²) >= 11 is 1.31. The molecule has 206 valence electrons. The van der Waals surface area contributed by atoms with E-state index in [1.807, 2.05) is 98.8 Å². The Morgan fingerprint density at radius 1 is 0.927 bits per heavy atom. The molecule has 0 aliphatic carbocycles. The molecule has 4 aromatic carbocycles. The molecule has 0 atom stereocenters. The number of para-hydroxylation sites is 2. The highest BCUT2D eigenvalue weighted by atomic mass is 32.2. The fraction of sp³-hybridized carbons (Fsp3) is 0.121. The standard InChI is InChI=1S/C33H29N3O4S/c1-22-14-15-23(2)27(18-22)35-31(37)21-40-28-17-16-24(19-29(28)39-3)20-30-32(38)36(26-12-8-5-9-13-26)33(41-30)34-25-10-6-4-7-11-25/h4-20H,21H2,1-3H3,(H,35,37)/b30-20-,34-33?. The molecule has 1 saturated heterocycles. The lowest BCUT2D eigenvalue weighted by Gasteiger charge is -2.15. The Hall–Kier alpha value is -4.82. The van der Waals surface area contributed by atoms with Crippen LogP contribution in [0.2, 0.25) is 0 Å². The number of amides is 2. The molecule has 2 amide bonds. The van der Waals surface area contributed by atoms with Gasteiger partial charge in [-0.25, -0.2) is 4.99 Å². The number of amidine groups is 1. The van der Waals surface area contributed by atoms with Crippen LogP contribution in [0.5, 0.6) is 11.5 Å². The van der Waals surface area contributed by atoms with E-state index in [0.717, 1.165) is 33.8 Å². The summed E-state index contributed by atoms with van der Waals surface area (Å²) in [5.41, 5.74) is 5.03. The number of nitrogens with zero attached hydrogens (tertiary/aromatic N) is 2. The fourth-order valence-electron chi connectivity index (χ4n) is 4.21. The second kappa shape index (κ2) is 12.6. The van der Waals surface area contributed by atoms with Gasteiger partial charge in [0.25, 0.3) is 11.8 Å². The van der Waals surface area contributed by atoms with Crippen LogP contribution in [0.25, 0.3) is 6.08 Å². The van der Waals surface area contributed by atoms with Crippen molar-refractivity contribution >= 4 is 51.9 Å². The molecular formula is C33H29N3O4S. The summed E-state index contributed by atoms with van der Waals surface area (Å²) in [5, 5.41) is 3.46. The molecule has 4 aromatic rings. The first kappa shape index (κ1) is 27.7. The first-order valence-corrected chi connectivity index (χ1v) is 13.8. The zero-order valence-corrected chi connectivity index (χ0v) is 23.8. The molecule has 1 heterocycles. The predicted octanol–water partition coefficient (Wildman–Crippen LogP) is 7.14. The van der Waals surface area contributed by atoms with E-state index < -0.39 is 0 Å². The highest BCUT2D eigenvalue weighted by molar-refractivity contribution is 8.19. The van der Waals surface area contributed by atoms with Crippen molar-refractivity contribution in [3.63, 3.8) is 0 Å². The highest BCUT2D eigenvalue weighted by Crippen LogP contribution is 2.38.